The van der Waals surface area contributed by atoms with Crippen molar-refractivity contribution >= 4 is 22.6 Å². The number of rotatable bonds is 3. The minimum atomic E-state index is -3.22. The summed E-state index contributed by atoms with van der Waals surface area (Å²) < 4.78 is 26.1. The van der Waals surface area contributed by atoms with Gasteiger partial charge in [0.2, 0.25) is 0 Å². The molecule has 16 heavy (non-hydrogen) atoms. The Morgan fingerprint density at radius 2 is 1.88 bits per heavy atom. The van der Waals surface area contributed by atoms with Crippen molar-refractivity contribution < 1.29 is 13.9 Å². The maximum absolute atomic E-state index is 13.4. The van der Waals surface area contributed by atoms with Crippen LogP contribution in [0.15, 0.2) is 18.2 Å². The van der Waals surface area contributed by atoms with E-state index >= 15 is 0 Å². The largest absolute Gasteiger partial charge is 0.390 e. The summed E-state index contributed by atoms with van der Waals surface area (Å²) in [6.07, 6.45) is 0. The lowest BCUT2D eigenvalue weighted by atomic mass is 9.95. The van der Waals surface area contributed by atoms with E-state index in [9.17, 15) is 8.78 Å². The Labute approximate surface area is 107 Å². The Morgan fingerprint density at radius 1 is 1.38 bits per heavy atom. The second kappa shape index (κ2) is 4.54. The number of hydrogen-bond donors (Lipinski definition) is 2. The van der Waals surface area contributed by atoms with Crippen LogP contribution in [0, 0.1) is 6.92 Å². The molecule has 0 spiro atoms. The normalized spacial score (nSPS) is 15.9. The Bertz CT molecular complexity index is 388. The van der Waals surface area contributed by atoms with E-state index in [1.165, 1.54) is 12.1 Å². The third-order valence-electron chi connectivity index (χ3n) is 2.45. The van der Waals surface area contributed by atoms with E-state index in [0.717, 1.165) is 0 Å². The van der Waals surface area contributed by atoms with Crippen LogP contribution < -0.4 is 5.73 Å². The molecule has 2 nitrogen and oxygen atoms in total. The van der Waals surface area contributed by atoms with Gasteiger partial charge in [0.15, 0.2) is 0 Å². The monoisotopic (exact) mass is 341 g/mol. The average molecular weight is 341 g/mol. The SMILES string of the molecule is Cc1c(C(F)(F)CO)cccc1[C@](C)(N)I. The van der Waals surface area contributed by atoms with Crippen LogP contribution in [0.3, 0.4) is 0 Å². The van der Waals surface area contributed by atoms with Gasteiger partial charge in [-0.05, 0) is 25.0 Å². The van der Waals surface area contributed by atoms with Crippen LogP contribution in [0.25, 0.3) is 0 Å². The van der Waals surface area contributed by atoms with Crippen LogP contribution in [0.2, 0.25) is 0 Å². The number of aliphatic hydroxyl groups excluding tert-OH is 1. The molecular formula is C11H14F2INO. The molecular weight excluding hydrogens is 327 g/mol. The molecule has 0 saturated carbocycles. The van der Waals surface area contributed by atoms with Gasteiger partial charge in [0.1, 0.15) is 6.61 Å². The second-order valence-corrected chi connectivity index (χ2v) is 6.16. The quantitative estimate of drug-likeness (QED) is 0.504. The fourth-order valence-corrected chi connectivity index (χ4v) is 2.23. The van der Waals surface area contributed by atoms with Gasteiger partial charge in [-0.1, -0.05) is 40.8 Å². The summed E-state index contributed by atoms with van der Waals surface area (Å²) in [7, 11) is 0. The van der Waals surface area contributed by atoms with E-state index in [4.69, 9.17) is 10.8 Å². The zero-order valence-corrected chi connectivity index (χ0v) is 11.3. The van der Waals surface area contributed by atoms with Crippen molar-refractivity contribution in [3.8, 4) is 0 Å². The molecule has 3 N–H and O–H groups in total. The van der Waals surface area contributed by atoms with Crippen LogP contribution in [0.5, 0.6) is 0 Å². The molecule has 0 aromatic heterocycles. The van der Waals surface area contributed by atoms with Crippen molar-refractivity contribution in [3.05, 3.63) is 34.9 Å². The number of halogens is 3. The maximum Gasteiger partial charge on any atom is 0.296 e. The van der Waals surface area contributed by atoms with E-state index < -0.39 is 16.1 Å². The molecule has 5 heteroatoms. The molecule has 0 aliphatic carbocycles. The van der Waals surface area contributed by atoms with Crippen LogP contribution in [-0.4, -0.2) is 11.7 Å². The fraction of sp³-hybridized carbons (Fsp3) is 0.455. The zero-order chi connectivity index (χ0) is 12.6. The summed E-state index contributed by atoms with van der Waals surface area (Å²) in [4.78, 5) is 0. The third kappa shape index (κ3) is 2.70. The first-order valence-electron chi connectivity index (χ1n) is 4.77. The minimum Gasteiger partial charge on any atom is -0.390 e. The van der Waals surface area contributed by atoms with Crippen molar-refractivity contribution in [1.82, 2.24) is 0 Å². The van der Waals surface area contributed by atoms with Gasteiger partial charge in [0, 0.05) is 5.56 Å². The van der Waals surface area contributed by atoms with Crippen LogP contribution >= 0.6 is 22.6 Å². The second-order valence-electron chi connectivity index (χ2n) is 3.92. The van der Waals surface area contributed by atoms with E-state index in [0.29, 0.717) is 11.1 Å². The molecule has 0 fully saturated rings. The highest BCUT2D eigenvalue weighted by Gasteiger charge is 2.34. The summed E-state index contributed by atoms with van der Waals surface area (Å²) in [5, 5.41) is 8.68. The third-order valence-corrected chi connectivity index (χ3v) is 3.03. The number of aliphatic hydroxyl groups is 1. The molecule has 0 aliphatic rings. The summed E-state index contributed by atoms with van der Waals surface area (Å²) >= 11 is 2.00. The standard InChI is InChI=1S/C11H14F2INO/c1-7-8(10(2,14)15)4-3-5-9(7)11(12,13)6-16/h3-5,16H,6,15H2,1-2H3/t10-/m0/s1. The van der Waals surface area contributed by atoms with Crippen molar-refractivity contribution in [3.63, 3.8) is 0 Å². The molecule has 0 bridgehead atoms. The molecule has 1 aromatic carbocycles. The van der Waals surface area contributed by atoms with Gasteiger partial charge < -0.3 is 10.8 Å². The first kappa shape index (κ1) is 13.8. The van der Waals surface area contributed by atoms with Crippen LogP contribution in [0.4, 0.5) is 8.78 Å². The average Bonchev–Trinajstić information content (AvgIpc) is 2.16. The molecule has 0 heterocycles. The summed E-state index contributed by atoms with van der Waals surface area (Å²) in [5.74, 6) is -3.22. The lowest BCUT2D eigenvalue weighted by Gasteiger charge is -2.24. The van der Waals surface area contributed by atoms with E-state index in [1.54, 1.807) is 19.9 Å². The Hall–Kier alpha value is -0.270. The Balaban J connectivity index is 3.36. The van der Waals surface area contributed by atoms with Gasteiger partial charge >= 0.3 is 0 Å². The minimum absolute atomic E-state index is 0.166. The molecule has 90 valence electrons. The molecule has 0 radical (unpaired) electrons. The predicted octanol–water partition coefficient (Wildman–Crippen LogP) is 2.65. The number of nitrogens with two attached hydrogens (primary N) is 1. The molecule has 0 unspecified atom stereocenters. The summed E-state index contributed by atoms with van der Waals surface area (Å²) in [5.41, 5.74) is 6.81. The molecule has 0 aliphatic heterocycles. The van der Waals surface area contributed by atoms with Crippen LogP contribution in [0.1, 0.15) is 23.6 Å². The highest BCUT2D eigenvalue weighted by molar-refractivity contribution is 14.1. The van der Waals surface area contributed by atoms with E-state index in [2.05, 4.69) is 0 Å². The molecule has 1 atom stereocenters. The van der Waals surface area contributed by atoms with Gasteiger partial charge in [-0.25, -0.2) is 0 Å². The van der Waals surface area contributed by atoms with E-state index in [1.807, 2.05) is 22.6 Å². The smallest absolute Gasteiger partial charge is 0.296 e. The number of benzene rings is 1. The van der Waals surface area contributed by atoms with E-state index in [-0.39, 0.29) is 5.56 Å². The van der Waals surface area contributed by atoms with Crippen molar-refractivity contribution in [1.29, 1.82) is 0 Å². The topological polar surface area (TPSA) is 46.2 Å². The van der Waals surface area contributed by atoms with Gasteiger partial charge in [-0.15, -0.1) is 0 Å². The fourth-order valence-electron chi connectivity index (χ4n) is 1.65. The van der Waals surface area contributed by atoms with Crippen molar-refractivity contribution in [2.75, 3.05) is 6.61 Å². The first-order valence-corrected chi connectivity index (χ1v) is 5.85. The van der Waals surface area contributed by atoms with Crippen molar-refractivity contribution in [2.24, 2.45) is 5.73 Å². The maximum atomic E-state index is 13.4. The van der Waals surface area contributed by atoms with Crippen molar-refractivity contribution in [2.45, 2.75) is 23.3 Å². The van der Waals surface area contributed by atoms with Gasteiger partial charge in [-0.3, -0.25) is 0 Å². The van der Waals surface area contributed by atoms with Crippen LogP contribution in [-0.2, 0) is 9.47 Å². The predicted molar refractivity (Wildman–Crippen MR) is 67.7 cm³/mol. The van der Waals surface area contributed by atoms with Gasteiger partial charge in [-0.2, -0.15) is 8.78 Å². The lowest BCUT2D eigenvalue weighted by Crippen LogP contribution is -2.28. The van der Waals surface area contributed by atoms with Gasteiger partial charge in [0.25, 0.3) is 5.92 Å². The first-order chi connectivity index (χ1) is 7.20. The Kier molecular flexibility index (Phi) is 3.91. The van der Waals surface area contributed by atoms with Gasteiger partial charge in [0.05, 0.1) is 3.55 Å². The molecule has 1 rings (SSSR count). The molecule has 1 aromatic rings. The number of hydrogen-bond acceptors (Lipinski definition) is 2. The number of alkyl halides is 3. The molecule has 0 amide bonds. The summed E-state index contributed by atoms with van der Waals surface area (Å²) in [6, 6.07) is 4.57. The summed E-state index contributed by atoms with van der Waals surface area (Å²) in [6.45, 7) is 2.15. The lowest BCUT2D eigenvalue weighted by molar-refractivity contribution is -0.0561. The highest BCUT2D eigenvalue weighted by atomic mass is 127. The molecule has 0 saturated heterocycles. The Morgan fingerprint density at radius 3 is 2.31 bits per heavy atom. The highest BCUT2D eigenvalue weighted by Crippen LogP contribution is 2.35. The zero-order valence-electron chi connectivity index (χ0n) is 9.10.